The lowest BCUT2D eigenvalue weighted by atomic mass is 10.0. The first kappa shape index (κ1) is 27.1. The predicted molar refractivity (Wildman–Crippen MR) is 160 cm³/mol. The van der Waals surface area contributed by atoms with E-state index in [1.165, 1.54) is 11.1 Å². The van der Waals surface area contributed by atoms with E-state index in [2.05, 4.69) is 27.4 Å². The highest BCUT2D eigenvalue weighted by atomic mass is 32.2. The van der Waals surface area contributed by atoms with E-state index in [-0.39, 0.29) is 30.4 Å². The molecule has 1 fully saturated rings. The minimum Gasteiger partial charge on any atom is -0.392 e. The van der Waals surface area contributed by atoms with Crippen LogP contribution in [0.5, 0.6) is 0 Å². The average Bonchev–Trinajstić information content (AvgIpc) is 3.04. The van der Waals surface area contributed by atoms with Crippen molar-refractivity contribution < 1.29 is 19.4 Å². The van der Waals surface area contributed by atoms with Gasteiger partial charge in [-0.15, -0.1) is 11.8 Å². The Hall–Kier alpha value is -4.08. The molecule has 0 bridgehead atoms. The highest BCUT2D eigenvalue weighted by Gasteiger charge is 2.32. The van der Waals surface area contributed by atoms with Crippen LogP contribution in [0.4, 0.5) is 5.69 Å². The van der Waals surface area contributed by atoms with Crippen LogP contribution in [0.15, 0.2) is 114 Å². The van der Waals surface area contributed by atoms with Gasteiger partial charge in [-0.1, -0.05) is 66.7 Å². The smallest absolute Gasteiger partial charge is 0.275 e. The number of amides is 1. The molecular weight excluding hydrogens is 534 g/mol. The van der Waals surface area contributed by atoms with Crippen LogP contribution in [0.1, 0.15) is 46.0 Å². The molecule has 0 spiro atoms. The first-order valence-corrected chi connectivity index (χ1v) is 14.4. The molecular formula is C33H29N3O4S. The van der Waals surface area contributed by atoms with Gasteiger partial charge in [0.1, 0.15) is 5.69 Å². The second-order valence-electron chi connectivity index (χ2n) is 9.79. The molecule has 0 aliphatic carbocycles. The van der Waals surface area contributed by atoms with Crippen molar-refractivity contribution in [2.75, 3.05) is 11.1 Å². The normalized spacial score (nSPS) is 18.7. The number of rotatable bonds is 8. The van der Waals surface area contributed by atoms with Crippen LogP contribution >= 0.6 is 11.8 Å². The second-order valence-corrected chi connectivity index (χ2v) is 10.9. The lowest BCUT2D eigenvalue weighted by Crippen LogP contribution is -2.31. The number of carbonyl (C=O) groups excluding carboxylic acids is 1. The van der Waals surface area contributed by atoms with Gasteiger partial charge in [0.25, 0.3) is 5.91 Å². The summed E-state index contributed by atoms with van der Waals surface area (Å²) in [5.41, 5.74) is 5.07. The quantitative estimate of drug-likeness (QED) is 0.203. The number of aliphatic hydroxyl groups is 1. The Morgan fingerprint density at radius 3 is 2.32 bits per heavy atom. The lowest BCUT2D eigenvalue weighted by Gasteiger charge is -2.36. The number of nitrogens with one attached hydrogen (secondary N) is 1. The third kappa shape index (κ3) is 6.64. The number of ether oxygens (including phenoxy) is 2. The molecule has 1 aliphatic rings. The predicted octanol–water partition coefficient (Wildman–Crippen LogP) is 6.71. The van der Waals surface area contributed by atoms with E-state index in [9.17, 15) is 9.90 Å². The van der Waals surface area contributed by atoms with Crippen molar-refractivity contribution in [1.82, 2.24) is 9.97 Å². The number of fused-ring (bicyclic) bond motifs is 1. The molecule has 6 rings (SSSR count). The summed E-state index contributed by atoms with van der Waals surface area (Å²) in [5.74, 6) is 0.460. The van der Waals surface area contributed by atoms with Gasteiger partial charge in [-0.3, -0.25) is 9.78 Å². The summed E-state index contributed by atoms with van der Waals surface area (Å²) in [6.07, 6.45) is 1.44. The van der Waals surface area contributed by atoms with E-state index in [1.54, 1.807) is 11.8 Å². The Balaban J connectivity index is 1.17. The molecule has 0 unspecified atom stereocenters. The second kappa shape index (κ2) is 12.6. The van der Waals surface area contributed by atoms with Gasteiger partial charge >= 0.3 is 0 Å². The highest BCUT2D eigenvalue weighted by molar-refractivity contribution is 7.99. The Kier molecular flexibility index (Phi) is 8.34. The Morgan fingerprint density at radius 2 is 1.56 bits per heavy atom. The molecule has 2 heterocycles. The number of hydrogen-bond donors (Lipinski definition) is 2. The molecule has 1 amide bonds. The molecule has 206 valence electrons. The Morgan fingerprint density at radius 1 is 0.854 bits per heavy atom. The van der Waals surface area contributed by atoms with E-state index in [1.807, 2.05) is 91.0 Å². The number of anilines is 1. The van der Waals surface area contributed by atoms with Crippen LogP contribution in [0.3, 0.4) is 0 Å². The highest BCUT2D eigenvalue weighted by Crippen LogP contribution is 2.39. The van der Waals surface area contributed by atoms with Gasteiger partial charge in [0.05, 0.1) is 36.0 Å². The number of carbonyl (C=O) groups is 1. The van der Waals surface area contributed by atoms with Crippen LogP contribution < -0.4 is 5.32 Å². The van der Waals surface area contributed by atoms with Crippen LogP contribution in [-0.4, -0.2) is 32.8 Å². The summed E-state index contributed by atoms with van der Waals surface area (Å²) < 4.78 is 12.9. The van der Waals surface area contributed by atoms with Crippen molar-refractivity contribution in [1.29, 1.82) is 0 Å². The Labute approximate surface area is 242 Å². The molecule has 0 radical (unpaired) electrons. The van der Waals surface area contributed by atoms with E-state index in [0.717, 1.165) is 34.4 Å². The molecule has 4 aromatic carbocycles. The average molecular weight is 564 g/mol. The number of benzene rings is 4. The first-order valence-electron chi connectivity index (χ1n) is 13.5. The Bertz CT molecular complexity index is 1610. The molecule has 1 aliphatic heterocycles. The monoisotopic (exact) mass is 563 g/mol. The molecule has 1 aromatic heterocycles. The van der Waals surface area contributed by atoms with Gasteiger partial charge in [0.15, 0.2) is 6.29 Å². The zero-order valence-corrected chi connectivity index (χ0v) is 23.0. The number of nitrogens with zero attached hydrogens (tertiary/aromatic N) is 2. The zero-order valence-electron chi connectivity index (χ0n) is 22.2. The van der Waals surface area contributed by atoms with Crippen molar-refractivity contribution in [3.63, 3.8) is 0 Å². The van der Waals surface area contributed by atoms with Crippen molar-refractivity contribution in [3.05, 3.63) is 132 Å². The summed E-state index contributed by atoms with van der Waals surface area (Å²) in [4.78, 5) is 22.8. The molecule has 7 nitrogen and oxygen atoms in total. The summed E-state index contributed by atoms with van der Waals surface area (Å²) in [6, 6.07) is 33.1. The van der Waals surface area contributed by atoms with E-state index < -0.39 is 6.29 Å². The van der Waals surface area contributed by atoms with Crippen molar-refractivity contribution in [3.8, 4) is 0 Å². The standard InChI is InChI=1S/C33H29N3O4S/c37-20-22-10-12-23(13-11-22)31-18-26(21-41-27-6-2-1-3-7-27)39-33(40-31)24-14-16-25(17-15-24)35-32(38)30-19-34-28-8-4-5-9-29(28)36-30/h1-17,19,26,31,33,37H,18,20-21H2,(H,35,38)/t26-,31+,33+/m1/s1. The van der Waals surface area contributed by atoms with Crippen molar-refractivity contribution >= 4 is 34.4 Å². The van der Waals surface area contributed by atoms with Crippen LogP contribution in [0.25, 0.3) is 11.0 Å². The number of thioether (sulfide) groups is 1. The summed E-state index contributed by atoms with van der Waals surface area (Å²) in [7, 11) is 0. The van der Waals surface area contributed by atoms with Gasteiger partial charge < -0.3 is 19.9 Å². The van der Waals surface area contributed by atoms with Gasteiger partial charge in [-0.2, -0.15) is 0 Å². The fourth-order valence-corrected chi connectivity index (χ4v) is 5.66. The largest absolute Gasteiger partial charge is 0.392 e. The maximum Gasteiger partial charge on any atom is 0.275 e. The number of hydrogen-bond acceptors (Lipinski definition) is 7. The summed E-state index contributed by atoms with van der Waals surface area (Å²) >= 11 is 1.76. The van der Waals surface area contributed by atoms with Crippen molar-refractivity contribution in [2.24, 2.45) is 0 Å². The van der Waals surface area contributed by atoms with E-state index in [4.69, 9.17) is 9.47 Å². The SMILES string of the molecule is O=C(Nc1ccc([C@H]2O[C@@H](CSc3ccccc3)C[C@@H](c3ccc(CO)cc3)O2)cc1)c1cnc2ccccc2n1. The molecule has 41 heavy (non-hydrogen) atoms. The number of aliphatic hydroxyl groups excluding tert-OH is 1. The van der Waals surface area contributed by atoms with Gasteiger partial charge in [0, 0.05) is 28.3 Å². The molecule has 1 saturated heterocycles. The van der Waals surface area contributed by atoms with Crippen LogP contribution in [-0.2, 0) is 16.1 Å². The first-order chi connectivity index (χ1) is 20.1. The molecule has 3 atom stereocenters. The molecule has 8 heteroatoms. The van der Waals surface area contributed by atoms with Crippen molar-refractivity contribution in [2.45, 2.75) is 36.4 Å². The van der Waals surface area contributed by atoms with E-state index >= 15 is 0 Å². The lowest BCUT2D eigenvalue weighted by molar-refractivity contribution is -0.245. The van der Waals surface area contributed by atoms with Crippen LogP contribution in [0.2, 0.25) is 0 Å². The molecule has 5 aromatic rings. The summed E-state index contributed by atoms with van der Waals surface area (Å²) in [5, 5.41) is 12.3. The molecule has 2 N–H and O–H groups in total. The van der Waals surface area contributed by atoms with Gasteiger partial charge in [-0.05, 0) is 47.5 Å². The minimum absolute atomic E-state index is 0.00417. The third-order valence-electron chi connectivity index (χ3n) is 6.92. The van der Waals surface area contributed by atoms with Gasteiger partial charge in [-0.25, -0.2) is 4.98 Å². The third-order valence-corrected chi connectivity index (χ3v) is 8.06. The number of para-hydroxylation sites is 2. The topological polar surface area (TPSA) is 93.6 Å². The number of aromatic nitrogens is 2. The zero-order chi connectivity index (χ0) is 28.0. The maximum atomic E-state index is 12.8. The molecule has 0 saturated carbocycles. The fraction of sp³-hybridized carbons (Fsp3) is 0.182. The fourth-order valence-electron chi connectivity index (χ4n) is 4.71. The van der Waals surface area contributed by atoms with Crippen LogP contribution in [0, 0.1) is 0 Å². The minimum atomic E-state index is -0.566. The van der Waals surface area contributed by atoms with Gasteiger partial charge in [0.2, 0.25) is 0 Å². The van der Waals surface area contributed by atoms with E-state index in [0.29, 0.717) is 11.2 Å². The summed E-state index contributed by atoms with van der Waals surface area (Å²) in [6.45, 7) is 0.00417. The maximum absolute atomic E-state index is 12.8.